The largest absolute Gasteiger partial charge is 0.508 e. The van der Waals surface area contributed by atoms with Crippen LogP contribution in [0.5, 0.6) is 5.75 Å². The minimum Gasteiger partial charge on any atom is -0.508 e. The van der Waals surface area contributed by atoms with Crippen molar-refractivity contribution in [3.05, 3.63) is 54.7 Å². The summed E-state index contributed by atoms with van der Waals surface area (Å²) in [6, 6.07) is 14.5. The van der Waals surface area contributed by atoms with Gasteiger partial charge in [-0.3, -0.25) is 0 Å². The normalized spacial score (nSPS) is 10.5. The first-order valence-corrected chi connectivity index (χ1v) is 5.93. The molecule has 0 aliphatic rings. The molecule has 0 saturated carbocycles. The van der Waals surface area contributed by atoms with Gasteiger partial charge in [0.1, 0.15) is 11.6 Å². The molecule has 94 valence electrons. The first-order valence-electron chi connectivity index (χ1n) is 5.93. The average molecular weight is 251 g/mol. The Labute approximate surface area is 110 Å². The lowest BCUT2D eigenvalue weighted by Gasteiger charge is -2.09. The number of benzene rings is 2. The lowest BCUT2D eigenvalue weighted by molar-refractivity contribution is 0.475. The Morgan fingerprint density at radius 2 is 1.79 bits per heavy atom. The Bertz CT molecular complexity index is 723. The molecule has 0 atom stereocenters. The predicted octanol–water partition coefficient (Wildman–Crippen LogP) is 3.27. The zero-order valence-corrected chi connectivity index (χ0v) is 10.2. The maximum absolute atomic E-state index is 9.27. The highest BCUT2D eigenvalue weighted by atomic mass is 16.3. The van der Waals surface area contributed by atoms with Crippen molar-refractivity contribution in [2.24, 2.45) is 0 Å². The summed E-state index contributed by atoms with van der Waals surface area (Å²) in [7, 11) is 0. The van der Waals surface area contributed by atoms with Crippen molar-refractivity contribution >= 4 is 28.0 Å². The molecule has 1 heterocycles. The topological polar surface area (TPSA) is 71.2 Å². The highest BCUT2D eigenvalue weighted by Crippen LogP contribution is 2.26. The summed E-state index contributed by atoms with van der Waals surface area (Å²) in [5.41, 5.74) is 7.38. The zero-order valence-electron chi connectivity index (χ0n) is 10.2. The molecule has 0 aliphatic heterocycles. The van der Waals surface area contributed by atoms with Crippen LogP contribution >= 0.6 is 0 Å². The molecule has 4 heteroatoms. The molecule has 0 saturated heterocycles. The van der Waals surface area contributed by atoms with E-state index in [0.717, 1.165) is 22.3 Å². The number of hydrogen-bond donors (Lipinski definition) is 3. The van der Waals surface area contributed by atoms with Crippen LogP contribution in [0.3, 0.4) is 0 Å². The predicted molar refractivity (Wildman–Crippen MR) is 77.5 cm³/mol. The van der Waals surface area contributed by atoms with Crippen LogP contribution < -0.4 is 11.1 Å². The van der Waals surface area contributed by atoms with Gasteiger partial charge in [-0.05, 0) is 47.9 Å². The Hall–Kier alpha value is -2.75. The molecule has 0 unspecified atom stereocenters. The quantitative estimate of drug-likeness (QED) is 0.483. The van der Waals surface area contributed by atoms with Gasteiger partial charge in [-0.15, -0.1) is 0 Å². The number of nitrogens with one attached hydrogen (secondary N) is 1. The second-order valence-electron chi connectivity index (χ2n) is 4.31. The third kappa shape index (κ3) is 2.28. The Morgan fingerprint density at radius 3 is 2.58 bits per heavy atom. The maximum atomic E-state index is 9.27. The number of phenolic OH excluding ortho intramolecular Hbond substituents is 1. The molecule has 4 N–H and O–H groups in total. The van der Waals surface area contributed by atoms with Gasteiger partial charge < -0.3 is 16.2 Å². The first kappa shape index (κ1) is 11.3. The smallest absolute Gasteiger partial charge is 0.138 e. The van der Waals surface area contributed by atoms with E-state index < -0.39 is 0 Å². The standard InChI is InChI=1S/C15H13N3O/c16-11-2-1-10-7-8-17-15(14(10)9-11)18-12-3-5-13(19)6-4-12/h1-9,19H,16H2,(H,17,18). The molecule has 0 aliphatic carbocycles. The molecule has 0 amide bonds. The van der Waals surface area contributed by atoms with E-state index in [4.69, 9.17) is 5.73 Å². The van der Waals surface area contributed by atoms with Gasteiger partial charge in [-0.2, -0.15) is 0 Å². The molecule has 0 radical (unpaired) electrons. The number of pyridine rings is 1. The second kappa shape index (κ2) is 4.49. The minimum absolute atomic E-state index is 0.237. The number of nitrogen functional groups attached to an aromatic ring is 1. The van der Waals surface area contributed by atoms with E-state index in [1.54, 1.807) is 30.5 Å². The average Bonchev–Trinajstić information content (AvgIpc) is 2.42. The number of nitrogens with two attached hydrogens (primary N) is 1. The highest BCUT2D eigenvalue weighted by Gasteiger charge is 2.03. The van der Waals surface area contributed by atoms with E-state index in [1.165, 1.54) is 0 Å². The Kier molecular flexibility index (Phi) is 2.68. The van der Waals surface area contributed by atoms with Crippen LogP contribution in [-0.4, -0.2) is 10.1 Å². The van der Waals surface area contributed by atoms with Crippen molar-refractivity contribution in [3.63, 3.8) is 0 Å². The van der Waals surface area contributed by atoms with Crippen LogP contribution in [0.1, 0.15) is 0 Å². The van der Waals surface area contributed by atoms with Gasteiger partial charge >= 0.3 is 0 Å². The molecule has 3 rings (SSSR count). The van der Waals surface area contributed by atoms with Gasteiger partial charge in [0.25, 0.3) is 0 Å². The van der Waals surface area contributed by atoms with Crippen LogP contribution in [-0.2, 0) is 0 Å². The van der Waals surface area contributed by atoms with E-state index in [-0.39, 0.29) is 5.75 Å². The summed E-state index contributed by atoms with van der Waals surface area (Å²) in [6.07, 6.45) is 1.75. The number of hydrogen-bond acceptors (Lipinski definition) is 4. The molecule has 1 aromatic heterocycles. The van der Waals surface area contributed by atoms with Crippen LogP contribution in [0.25, 0.3) is 10.8 Å². The lowest BCUT2D eigenvalue weighted by Crippen LogP contribution is -1.95. The van der Waals surface area contributed by atoms with Gasteiger partial charge in [0.15, 0.2) is 0 Å². The van der Waals surface area contributed by atoms with Crippen LogP contribution in [0.2, 0.25) is 0 Å². The third-order valence-corrected chi connectivity index (χ3v) is 2.92. The summed E-state index contributed by atoms with van der Waals surface area (Å²) in [6.45, 7) is 0. The number of nitrogens with zero attached hydrogens (tertiary/aromatic N) is 1. The van der Waals surface area contributed by atoms with E-state index in [1.807, 2.05) is 24.3 Å². The SMILES string of the molecule is Nc1ccc2ccnc(Nc3ccc(O)cc3)c2c1. The summed E-state index contributed by atoms with van der Waals surface area (Å²) in [5.74, 6) is 0.983. The Balaban J connectivity index is 2.05. The summed E-state index contributed by atoms with van der Waals surface area (Å²) in [4.78, 5) is 4.34. The molecule has 0 fully saturated rings. The van der Waals surface area contributed by atoms with Crippen molar-refractivity contribution in [1.82, 2.24) is 4.98 Å². The number of aromatic nitrogens is 1. The molecule has 0 bridgehead atoms. The number of rotatable bonds is 2. The van der Waals surface area contributed by atoms with E-state index in [9.17, 15) is 5.11 Å². The van der Waals surface area contributed by atoms with E-state index >= 15 is 0 Å². The number of phenols is 1. The van der Waals surface area contributed by atoms with Crippen molar-refractivity contribution < 1.29 is 5.11 Å². The van der Waals surface area contributed by atoms with Gasteiger partial charge in [0.05, 0.1) is 0 Å². The molecule has 2 aromatic carbocycles. The minimum atomic E-state index is 0.237. The van der Waals surface area contributed by atoms with Crippen molar-refractivity contribution in [2.45, 2.75) is 0 Å². The number of fused-ring (bicyclic) bond motifs is 1. The second-order valence-corrected chi connectivity index (χ2v) is 4.31. The number of anilines is 3. The summed E-state index contributed by atoms with van der Waals surface area (Å²) in [5, 5.41) is 14.5. The van der Waals surface area contributed by atoms with Crippen LogP contribution in [0.15, 0.2) is 54.7 Å². The molecule has 4 nitrogen and oxygen atoms in total. The first-order chi connectivity index (χ1) is 9.22. The van der Waals surface area contributed by atoms with Gasteiger partial charge in [-0.25, -0.2) is 4.98 Å². The fraction of sp³-hybridized carbons (Fsp3) is 0. The lowest BCUT2D eigenvalue weighted by atomic mass is 10.1. The summed E-state index contributed by atoms with van der Waals surface area (Å²) >= 11 is 0. The van der Waals surface area contributed by atoms with E-state index in [0.29, 0.717) is 5.69 Å². The molecule has 3 aromatic rings. The fourth-order valence-electron chi connectivity index (χ4n) is 1.97. The van der Waals surface area contributed by atoms with E-state index in [2.05, 4.69) is 10.3 Å². The zero-order chi connectivity index (χ0) is 13.2. The van der Waals surface area contributed by atoms with Gasteiger partial charge in [0.2, 0.25) is 0 Å². The van der Waals surface area contributed by atoms with Crippen molar-refractivity contribution in [2.75, 3.05) is 11.1 Å². The molecule has 19 heavy (non-hydrogen) atoms. The van der Waals surface area contributed by atoms with Gasteiger partial charge in [0, 0.05) is 23.0 Å². The van der Waals surface area contributed by atoms with Crippen molar-refractivity contribution in [1.29, 1.82) is 0 Å². The maximum Gasteiger partial charge on any atom is 0.138 e. The molecular weight excluding hydrogens is 238 g/mol. The molecule has 0 spiro atoms. The van der Waals surface area contributed by atoms with Crippen LogP contribution in [0, 0.1) is 0 Å². The fourth-order valence-corrected chi connectivity index (χ4v) is 1.97. The monoisotopic (exact) mass is 251 g/mol. The highest BCUT2D eigenvalue weighted by molar-refractivity contribution is 5.95. The van der Waals surface area contributed by atoms with Crippen LogP contribution in [0.4, 0.5) is 17.2 Å². The number of aromatic hydroxyl groups is 1. The molecular formula is C15H13N3O. The third-order valence-electron chi connectivity index (χ3n) is 2.92. The summed E-state index contributed by atoms with van der Waals surface area (Å²) < 4.78 is 0. The Morgan fingerprint density at radius 1 is 1.00 bits per heavy atom. The van der Waals surface area contributed by atoms with Gasteiger partial charge in [-0.1, -0.05) is 6.07 Å². The van der Waals surface area contributed by atoms with Crippen molar-refractivity contribution in [3.8, 4) is 5.75 Å².